The van der Waals surface area contributed by atoms with Gasteiger partial charge in [0.05, 0.1) is 26.3 Å². The van der Waals surface area contributed by atoms with Gasteiger partial charge in [0, 0.05) is 24.3 Å². The minimum atomic E-state index is -0.156. The van der Waals surface area contributed by atoms with Crippen LogP contribution in [0.5, 0.6) is 11.5 Å². The Morgan fingerprint density at radius 2 is 1.74 bits per heavy atom. The van der Waals surface area contributed by atoms with Gasteiger partial charge in [-0.15, -0.1) is 0 Å². The Hall–Kier alpha value is -2.28. The van der Waals surface area contributed by atoms with Crippen molar-refractivity contribution in [1.82, 2.24) is 9.80 Å². The zero-order valence-corrected chi connectivity index (χ0v) is 19.2. The van der Waals surface area contributed by atoms with Gasteiger partial charge in [0.25, 0.3) is 0 Å². The zero-order chi connectivity index (χ0) is 22.2. The number of carbonyl (C=O) groups is 2. The molecule has 2 amide bonds. The number of piperidine rings is 1. The molecule has 31 heavy (non-hydrogen) atoms. The number of ether oxygens (including phenoxy) is 2. The van der Waals surface area contributed by atoms with E-state index in [4.69, 9.17) is 9.47 Å². The zero-order valence-electron chi connectivity index (χ0n) is 19.2. The van der Waals surface area contributed by atoms with Crippen molar-refractivity contribution in [2.24, 2.45) is 5.92 Å². The van der Waals surface area contributed by atoms with Crippen LogP contribution < -0.4 is 14.8 Å². The minimum absolute atomic E-state index is 0.145. The lowest BCUT2D eigenvalue weighted by Crippen LogP contribution is -2.52. The lowest BCUT2D eigenvalue weighted by Gasteiger charge is -2.44. The summed E-state index contributed by atoms with van der Waals surface area (Å²) in [4.78, 5) is 29.4. The Kier molecular flexibility index (Phi) is 8.58. The van der Waals surface area contributed by atoms with Crippen molar-refractivity contribution in [1.29, 1.82) is 0 Å². The number of anilines is 1. The van der Waals surface area contributed by atoms with Crippen molar-refractivity contribution < 1.29 is 19.1 Å². The predicted octanol–water partition coefficient (Wildman–Crippen LogP) is 3.54. The van der Waals surface area contributed by atoms with E-state index in [0.717, 1.165) is 19.4 Å². The molecule has 0 bridgehead atoms. The lowest BCUT2D eigenvalue weighted by atomic mass is 9.78. The Morgan fingerprint density at radius 3 is 2.52 bits per heavy atom. The van der Waals surface area contributed by atoms with Crippen molar-refractivity contribution in [3.8, 4) is 11.5 Å². The summed E-state index contributed by atoms with van der Waals surface area (Å²) in [6.07, 6.45) is 7.23. The van der Waals surface area contributed by atoms with Crippen LogP contribution in [0.4, 0.5) is 5.69 Å². The van der Waals surface area contributed by atoms with Crippen LogP contribution in [-0.4, -0.2) is 67.6 Å². The van der Waals surface area contributed by atoms with Gasteiger partial charge < -0.3 is 19.7 Å². The van der Waals surface area contributed by atoms with Crippen molar-refractivity contribution in [3.63, 3.8) is 0 Å². The number of fused-ring (bicyclic) bond motifs is 1. The lowest BCUT2D eigenvalue weighted by molar-refractivity contribution is -0.138. The van der Waals surface area contributed by atoms with Gasteiger partial charge in [-0.25, -0.2) is 0 Å². The number of benzene rings is 1. The molecular weight excluding hydrogens is 394 g/mol. The first kappa shape index (κ1) is 23.4. The molecule has 1 aromatic carbocycles. The van der Waals surface area contributed by atoms with Gasteiger partial charge >= 0.3 is 0 Å². The minimum Gasteiger partial charge on any atom is -0.490 e. The summed E-state index contributed by atoms with van der Waals surface area (Å²) in [6.45, 7) is 6.16. The van der Waals surface area contributed by atoms with Crippen LogP contribution in [0.1, 0.15) is 52.4 Å². The Labute approximate surface area is 186 Å². The standard InChI is InChI=1S/C24H37N3O4/c1-4-30-21-13-12-19(15-22(21)31-5-2)25-23(28)16-26(3)17-24(29)27-14-8-10-18-9-6-7-11-20(18)27/h12-13,15,18,20H,4-11,14,16-17H2,1-3H3,(H,25,28)/t18-,20+/m1/s1. The number of rotatable bonds is 9. The smallest absolute Gasteiger partial charge is 0.238 e. The van der Waals surface area contributed by atoms with Crippen molar-refractivity contribution in [3.05, 3.63) is 18.2 Å². The van der Waals surface area contributed by atoms with Gasteiger partial charge in [-0.2, -0.15) is 0 Å². The maximum Gasteiger partial charge on any atom is 0.238 e. The van der Waals surface area contributed by atoms with Crippen molar-refractivity contribution >= 4 is 17.5 Å². The maximum atomic E-state index is 12.9. The number of carbonyl (C=O) groups excluding carboxylic acids is 2. The summed E-state index contributed by atoms with van der Waals surface area (Å²) in [6, 6.07) is 5.77. The molecular formula is C24H37N3O4. The molecule has 2 atom stereocenters. The van der Waals surface area contributed by atoms with E-state index in [1.54, 1.807) is 23.1 Å². The quantitative estimate of drug-likeness (QED) is 0.648. The second kappa shape index (κ2) is 11.4. The molecule has 1 aliphatic heterocycles. The fourth-order valence-electron chi connectivity index (χ4n) is 4.89. The van der Waals surface area contributed by atoms with Crippen LogP contribution in [0.3, 0.4) is 0 Å². The third-order valence-electron chi connectivity index (χ3n) is 6.21. The van der Waals surface area contributed by atoms with E-state index in [2.05, 4.69) is 10.2 Å². The molecule has 0 unspecified atom stereocenters. The molecule has 3 rings (SSSR count). The van der Waals surface area contributed by atoms with Crippen LogP contribution >= 0.6 is 0 Å². The van der Waals surface area contributed by atoms with Crippen LogP contribution in [0.15, 0.2) is 18.2 Å². The number of amides is 2. The molecule has 1 saturated heterocycles. The first-order chi connectivity index (χ1) is 15.0. The molecule has 0 aromatic heterocycles. The third-order valence-corrected chi connectivity index (χ3v) is 6.21. The van der Waals surface area contributed by atoms with E-state index in [-0.39, 0.29) is 24.9 Å². The van der Waals surface area contributed by atoms with E-state index in [9.17, 15) is 9.59 Å². The summed E-state index contributed by atoms with van der Waals surface area (Å²) in [5.74, 6) is 1.92. The highest BCUT2D eigenvalue weighted by Crippen LogP contribution is 2.35. The monoisotopic (exact) mass is 431 g/mol. The summed E-state index contributed by atoms with van der Waals surface area (Å²) < 4.78 is 11.2. The largest absolute Gasteiger partial charge is 0.490 e. The number of nitrogens with one attached hydrogen (secondary N) is 1. The molecule has 7 heteroatoms. The molecule has 2 aliphatic rings. The Morgan fingerprint density at radius 1 is 1.03 bits per heavy atom. The summed E-state index contributed by atoms with van der Waals surface area (Å²) >= 11 is 0. The molecule has 1 aliphatic carbocycles. The molecule has 1 heterocycles. The average Bonchev–Trinajstić information content (AvgIpc) is 2.75. The van der Waals surface area contributed by atoms with E-state index < -0.39 is 0 Å². The van der Waals surface area contributed by atoms with E-state index in [1.165, 1.54) is 25.7 Å². The molecule has 2 fully saturated rings. The van der Waals surface area contributed by atoms with Crippen LogP contribution in [-0.2, 0) is 9.59 Å². The molecule has 1 saturated carbocycles. The second-order valence-corrected chi connectivity index (χ2v) is 8.59. The maximum absolute atomic E-state index is 12.9. The van der Waals surface area contributed by atoms with Gasteiger partial charge in [-0.05, 0) is 64.6 Å². The van der Waals surface area contributed by atoms with Gasteiger partial charge in [0.1, 0.15) is 0 Å². The second-order valence-electron chi connectivity index (χ2n) is 8.59. The number of hydrogen-bond acceptors (Lipinski definition) is 5. The molecule has 1 aromatic rings. The van der Waals surface area contributed by atoms with Gasteiger partial charge in [-0.3, -0.25) is 14.5 Å². The van der Waals surface area contributed by atoms with Crippen molar-refractivity contribution in [2.45, 2.75) is 58.4 Å². The fourth-order valence-corrected chi connectivity index (χ4v) is 4.89. The van der Waals surface area contributed by atoms with Crippen molar-refractivity contribution in [2.75, 3.05) is 45.2 Å². The predicted molar refractivity (Wildman–Crippen MR) is 122 cm³/mol. The molecule has 7 nitrogen and oxygen atoms in total. The average molecular weight is 432 g/mol. The molecule has 0 spiro atoms. The van der Waals surface area contributed by atoms with E-state index >= 15 is 0 Å². The van der Waals surface area contributed by atoms with E-state index in [1.807, 2.05) is 20.9 Å². The van der Waals surface area contributed by atoms with Gasteiger partial charge in [0.15, 0.2) is 11.5 Å². The SMILES string of the molecule is CCOc1ccc(NC(=O)CN(C)CC(=O)N2CCC[C@H]3CCCC[C@@H]32)cc1OCC. The molecule has 0 radical (unpaired) electrons. The summed E-state index contributed by atoms with van der Waals surface area (Å²) in [5, 5.41) is 2.90. The summed E-state index contributed by atoms with van der Waals surface area (Å²) in [7, 11) is 1.82. The fraction of sp³-hybridized carbons (Fsp3) is 0.667. The number of likely N-dealkylation sites (N-methyl/N-ethyl adjacent to an activating group) is 1. The number of likely N-dealkylation sites (tertiary alicyclic amines) is 1. The van der Waals surface area contributed by atoms with Gasteiger partial charge in [0.2, 0.25) is 11.8 Å². The third kappa shape index (κ3) is 6.35. The first-order valence-electron chi connectivity index (χ1n) is 11.7. The van der Waals surface area contributed by atoms with Crippen LogP contribution in [0.25, 0.3) is 0 Å². The van der Waals surface area contributed by atoms with E-state index in [0.29, 0.717) is 42.4 Å². The first-order valence-corrected chi connectivity index (χ1v) is 11.7. The highest BCUT2D eigenvalue weighted by atomic mass is 16.5. The van der Waals surface area contributed by atoms with Crippen LogP contribution in [0, 0.1) is 5.92 Å². The highest BCUT2D eigenvalue weighted by molar-refractivity contribution is 5.93. The Bertz CT molecular complexity index is 752. The normalized spacial score (nSPS) is 20.8. The highest BCUT2D eigenvalue weighted by Gasteiger charge is 2.35. The topological polar surface area (TPSA) is 71.1 Å². The summed E-state index contributed by atoms with van der Waals surface area (Å²) in [5.41, 5.74) is 0.651. The van der Waals surface area contributed by atoms with Gasteiger partial charge in [-0.1, -0.05) is 12.8 Å². The Balaban J connectivity index is 1.52. The molecule has 172 valence electrons. The van der Waals surface area contributed by atoms with Crippen LogP contribution in [0.2, 0.25) is 0 Å². The number of hydrogen-bond donors (Lipinski definition) is 1. The number of nitrogens with zero attached hydrogens (tertiary/aromatic N) is 2. The molecule has 1 N–H and O–H groups in total.